The van der Waals surface area contributed by atoms with Crippen LogP contribution in [0, 0.1) is 0 Å². The number of nitrogens with zero attached hydrogens (tertiary/aromatic N) is 5. The van der Waals surface area contributed by atoms with Gasteiger partial charge in [-0.05, 0) is 105 Å². The van der Waals surface area contributed by atoms with Gasteiger partial charge in [0.25, 0.3) is 17.4 Å². The van der Waals surface area contributed by atoms with Crippen molar-refractivity contribution in [2.75, 3.05) is 94.4 Å². The minimum absolute atomic E-state index is 0.0823. The number of aromatic nitrogens is 3. The molecule has 13 N–H and O–H groups in total. The highest BCUT2D eigenvalue weighted by Crippen LogP contribution is 2.41. The number of anilines is 3. The molecule has 4 aromatic carbocycles. The number of aromatic amines is 1. The highest BCUT2D eigenvalue weighted by atomic mass is 35.5. The van der Waals surface area contributed by atoms with Crippen LogP contribution in [0.25, 0.3) is 21.7 Å². The van der Waals surface area contributed by atoms with Crippen LogP contribution >= 0.6 is 11.6 Å². The number of rotatable bonds is 24. The van der Waals surface area contributed by atoms with Crippen LogP contribution in [0.2, 0.25) is 0 Å². The Hall–Kier alpha value is -9.00. The van der Waals surface area contributed by atoms with Crippen LogP contribution in [-0.2, 0) is 17.8 Å². The van der Waals surface area contributed by atoms with E-state index in [1.54, 1.807) is 64.4 Å². The lowest BCUT2D eigenvalue weighted by atomic mass is 10.0. The Bertz CT molecular complexity index is 3300. The predicted molar refractivity (Wildman–Crippen MR) is 323 cm³/mol. The monoisotopic (exact) mass is 1160 g/mol. The third-order valence-electron chi connectivity index (χ3n) is 13.7. The normalized spacial score (nSPS) is 13.1. The number of nitrogens with two attached hydrogens (primary N) is 2. The van der Waals surface area contributed by atoms with Crippen LogP contribution in [-0.4, -0.2) is 150 Å². The molecule has 0 bridgehead atoms. The Morgan fingerprint density at radius 2 is 1.48 bits per heavy atom. The van der Waals surface area contributed by atoms with Gasteiger partial charge in [0.05, 0.1) is 18.4 Å². The Labute approximate surface area is 486 Å². The summed E-state index contributed by atoms with van der Waals surface area (Å²) >= 11 is 4.64. The number of H-pyrrole nitrogens is 1. The first-order valence-corrected chi connectivity index (χ1v) is 28.1. The second-order valence-corrected chi connectivity index (χ2v) is 19.7. The second kappa shape index (κ2) is 31.3. The molecule has 6 aromatic rings. The number of hydrogen-bond donors (Lipinski definition) is 11. The molecular weight excluding hydrogens is 1090 g/mol. The summed E-state index contributed by atoms with van der Waals surface area (Å²) in [6, 6.07) is 23.1. The first-order chi connectivity index (χ1) is 40.0. The number of piperazine rings is 1. The van der Waals surface area contributed by atoms with Crippen LogP contribution in [0.4, 0.5) is 31.4 Å². The number of nitrogens with one attached hydrogen (secondary N) is 8. The van der Waals surface area contributed by atoms with E-state index in [2.05, 4.69) is 71.9 Å². The molecule has 24 nitrogen and oxygen atoms in total. The van der Waals surface area contributed by atoms with E-state index in [-0.39, 0.29) is 35.9 Å². The van der Waals surface area contributed by atoms with Gasteiger partial charge in [0.15, 0.2) is 0 Å². The van der Waals surface area contributed by atoms with Crippen molar-refractivity contribution in [2.45, 2.75) is 58.0 Å². The molecule has 2 aromatic heterocycles. The average molecular weight is 1160 g/mol. The topological polar surface area (TPSA) is 321 Å². The van der Waals surface area contributed by atoms with E-state index < -0.39 is 18.2 Å². The molecule has 0 radical (unpaired) electrons. The summed E-state index contributed by atoms with van der Waals surface area (Å²) in [4.78, 5) is 96.4. The van der Waals surface area contributed by atoms with Crippen molar-refractivity contribution in [3.63, 3.8) is 0 Å². The molecule has 25 heteroatoms. The highest BCUT2D eigenvalue weighted by Gasteiger charge is 2.31. The SMILES string of the molecule is C=C(CCCn1c(=O)ccn1O)NCCN[C@@H](CCCNC(N)=O)C(=C)NCC(=O)Nc1ccc(C(=O)Nc2ccc3[nH]c(C(=O)N4CCc5c4cc(OC(=O)N4CCN(C)CC4)c4ccccc54)cc3c2)cc1.CCCNC(N)=O.CCl. The van der Waals surface area contributed by atoms with Gasteiger partial charge in [-0.15, -0.1) is 16.4 Å². The zero-order valence-electron chi connectivity index (χ0n) is 47.2. The van der Waals surface area contributed by atoms with Crippen LogP contribution in [0.5, 0.6) is 5.75 Å². The molecule has 444 valence electrons. The summed E-state index contributed by atoms with van der Waals surface area (Å²) in [5.74, 6) is -0.527. The summed E-state index contributed by atoms with van der Waals surface area (Å²) in [6.45, 7) is 15.7. The van der Waals surface area contributed by atoms with Crippen molar-refractivity contribution in [1.29, 1.82) is 0 Å². The van der Waals surface area contributed by atoms with Crippen LogP contribution in [0.3, 0.4) is 0 Å². The maximum atomic E-state index is 14.2. The lowest BCUT2D eigenvalue weighted by Crippen LogP contribution is -2.48. The fourth-order valence-corrected chi connectivity index (χ4v) is 9.37. The summed E-state index contributed by atoms with van der Waals surface area (Å²) in [5, 5.41) is 32.7. The molecule has 8 amide bonds. The first kappa shape index (κ1) is 63.2. The molecule has 2 aliphatic rings. The maximum absolute atomic E-state index is 14.2. The lowest BCUT2D eigenvalue weighted by molar-refractivity contribution is -0.115. The van der Waals surface area contributed by atoms with Crippen molar-refractivity contribution < 1.29 is 38.7 Å². The van der Waals surface area contributed by atoms with E-state index in [1.807, 2.05) is 38.2 Å². The Balaban J connectivity index is 0.00000114. The number of fused-ring (bicyclic) bond motifs is 4. The number of carbonyl (C=O) groups is 6. The van der Waals surface area contributed by atoms with Gasteiger partial charge < -0.3 is 78.3 Å². The number of primary amides is 2. The number of halogens is 1. The smallest absolute Gasteiger partial charge is 0.413 e. The molecule has 1 fully saturated rings. The number of hydrogen-bond acceptors (Lipinski definition) is 13. The number of alkyl halides is 1. The van der Waals surface area contributed by atoms with E-state index in [0.29, 0.717) is 130 Å². The number of likely N-dealkylation sites (N-methyl/N-ethyl adjacent to an activating group) is 1. The number of benzene rings is 4. The summed E-state index contributed by atoms with van der Waals surface area (Å²) in [7, 11) is 2.02. The number of carbonyl (C=O) groups excluding carboxylic acids is 6. The highest BCUT2D eigenvalue weighted by molar-refractivity contribution is 6.15. The molecule has 0 aliphatic carbocycles. The number of allylic oxidation sites excluding steroid dienone is 1. The molecule has 8 rings (SSSR count). The van der Waals surface area contributed by atoms with Crippen molar-refractivity contribution in [2.24, 2.45) is 11.5 Å². The molecule has 0 saturated carbocycles. The molecule has 83 heavy (non-hydrogen) atoms. The van der Waals surface area contributed by atoms with Crippen molar-refractivity contribution in [3.05, 3.63) is 143 Å². The van der Waals surface area contributed by atoms with E-state index in [0.717, 1.165) is 51.8 Å². The van der Waals surface area contributed by atoms with Crippen LogP contribution < -0.4 is 63.9 Å². The Morgan fingerprint density at radius 3 is 2.16 bits per heavy atom. The molecule has 0 unspecified atom stereocenters. The number of urea groups is 2. The molecule has 2 aliphatic heterocycles. The second-order valence-electron chi connectivity index (χ2n) is 19.7. The number of ether oxygens (including phenoxy) is 1. The quantitative estimate of drug-likeness (QED) is 0.0198. The van der Waals surface area contributed by atoms with E-state index in [1.165, 1.54) is 23.3 Å². The summed E-state index contributed by atoms with van der Waals surface area (Å²) < 4.78 is 7.25. The Kier molecular flexibility index (Phi) is 23.8. The largest absolute Gasteiger partial charge is 0.415 e. The van der Waals surface area contributed by atoms with Gasteiger partial charge in [-0.25, -0.2) is 19.1 Å². The van der Waals surface area contributed by atoms with Crippen molar-refractivity contribution in [3.8, 4) is 5.75 Å². The standard InChI is InChI=1S/C53H63N13O8.C4H10N2O.CH3Cl/c1-34(8-7-23-65-49(68)19-25-66(65)73)55-21-22-56-43(11-6-20-57-52(54)71)35(2)58-33-48(67)59-38-14-12-36(13-15-38)50(69)60-39-16-17-44-37(30-39)31-45(61-44)51(70)64-24-18-41-40-9-4-5-10-42(40)47(32-46(41)64)74-53(72)63-28-26-62(3)27-29-63;1-2-3-6-4(5)7;1-2/h4-5,9-10,12-17,19,25,30-32,43,55-56,58,61,73H,1-2,6-8,11,18,20-24,26-29,33H2,3H3,(H,59,67)(H,60,69)(H3,54,57,71);2-3H2,1H3,(H3,5,6,7);1H3/t43-;;/m0../s1. The number of amides is 8. The fraction of sp³-hybridized carbons (Fsp3) is 0.362. The van der Waals surface area contributed by atoms with Gasteiger partial charge in [0.2, 0.25) is 5.91 Å². The third kappa shape index (κ3) is 18.2. The fourth-order valence-electron chi connectivity index (χ4n) is 9.37. The van der Waals surface area contributed by atoms with Gasteiger partial charge >= 0.3 is 18.2 Å². The lowest BCUT2D eigenvalue weighted by Gasteiger charge is -2.31. The molecule has 1 saturated heterocycles. The molecule has 4 heterocycles. The predicted octanol–water partition coefficient (Wildman–Crippen LogP) is 5.67. The van der Waals surface area contributed by atoms with Gasteiger partial charge in [-0.3, -0.25) is 19.2 Å². The van der Waals surface area contributed by atoms with E-state index >= 15 is 0 Å². The maximum Gasteiger partial charge on any atom is 0.415 e. The van der Waals surface area contributed by atoms with Gasteiger partial charge in [-0.2, -0.15) is 0 Å². The summed E-state index contributed by atoms with van der Waals surface area (Å²) in [6.07, 6.45) is 6.29. The van der Waals surface area contributed by atoms with Crippen molar-refractivity contribution >= 4 is 86.2 Å². The van der Waals surface area contributed by atoms with Crippen LogP contribution in [0.15, 0.2) is 120 Å². The Morgan fingerprint density at radius 1 is 0.783 bits per heavy atom. The van der Waals surface area contributed by atoms with Gasteiger partial charge in [0.1, 0.15) is 11.4 Å². The van der Waals surface area contributed by atoms with Gasteiger partial charge in [-0.1, -0.05) is 44.3 Å². The van der Waals surface area contributed by atoms with E-state index in [9.17, 15) is 38.8 Å². The molecular formula is C58H76ClN15O9. The van der Waals surface area contributed by atoms with E-state index in [4.69, 9.17) is 16.2 Å². The zero-order chi connectivity index (χ0) is 60.0. The third-order valence-corrected chi connectivity index (χ3v) is 13.7. The molecule has 0 spiro atoms. The zero-order valence-corrected chi connectivity index (χ0v) is 47.9. The first-order valence-electron chi connectivity index (χ1n) is 27.3. The molecule has 1 atom stereocenters. The van der Waals surface area contributed by atoms with Gasteiger partial charge in [0, 0.05) is 135 Å². The van der Waals surface area contributed by atoms with Crippen molar-refractivity contribution in [1.82, 2.24) is 50.9 Å². The minimum Gasteiger partial charge on any atom is -0.413 e. The minimum atomic E-state index is -0.616. The summed E-state index contributed by atoms with van der Waals surface area (Å²) in [5.41, 5.74) is 15.2. The average Bonchev–Trinajstić information content (AvgIpc) is 3.83. The van der Waals surface area contributed by atoms with Crippen LogP contribution in [0.1, 0.15) is 65.4 Å².